The molecule has 3 aromatic carbocycles. The first-order valence-electron chi connectivity index (χ1n) is 12.0. The Balaban J connectivity index is 2.02. The molecule has 0 aliphatic heterocycles. The molecule has 0 saturated heterocycles. The molecular weight excluding hydrogens is 500 g/mol. The number of halogens is 1. The smallest absolute Gasteiger partial charge is 0.243 e. The Morgan fingerprint density at radius 3 is 2.26 bits per heavy atom. The number of nitrogens with zero attached hydrogens (tertiary/aromatic N) is 1. The number of aryl methyl sites for hydroxylation is 2. The zero-order valence-corrected chi connectivity index (χ0v) is 22.9. The summed E-state index contributed by atoms with van der Waals surface area (Å²) < 4.78 is 0.940. The summed E-state index contributed by atoms with van der Waals surface area (Å²) in [4.78, 5) is 29.3. The van der Waals surface area contributed by atoms with Crippen LogP contribution in [0, 0.1) is 13.8 Å². The van der Waals surface area contributed by atoms with Crippen molar-refractivity contribution in [2.75, 3.05) is 0 Å². The van der Waals surface area contributed by atoms with E-state index in [0.29, 0.717) is 13.0 Å². The van der Waals surface area contributed by atoms with E-state index in [-0.39, 0.29) is 18.2 Å². The second-order valence-electron chi connectivity index (χ2n) is 10.2. The maximum atomic E-state index is 13.9. The van der Waals surface area contributed by atoms with Crippen LogP contribution in [0.3, 0.4) is 0 Å². The maximum absolute atomic E-state index is 13.9. The van der Waals surface area contributed by atoms with E-state index in [1.165, 1.54) is 0 Å². The molecule has 0 heterocycles. The van der Waals surface area contributed by atoms with Crippen molar-refractivity contribution in [3.8, 4) is 0 Å². The summed E-state index contributed by atoms with van der Waals surface area (Å²) in [5.41, 5.74) is 4.75. The van der Waals surface area contributed by atoms with Gasteiger partial charge in [0.05, 0.1) is 6.42 Å². The molecule has 0 spiro atoms. The Hall–Kier alpha value is -2.92. The van der Waals surface area contributed by atoms with Gasteiger partial charge in [-0.3, -0.25) is 9.59 Å². The van der Waals surface area contributed by atoms with Crippen molar-refractivity contribution in [1.82, 2.24) is 10.2 Å². The van der Waals surface area contributed by atoms with E-state index in [9.17, 15) is 9.59 Å². The average Bonchev–Trinajstić information content (AvgIpc) is 2.78. The Morgan fingerprint density at radius 1 is 0.914 bits per heavy atom. The Bertz CT molecular complexity index is 1170. The maximum Gasteiger partial charge on any atom is 0.243 e. The minimum atomic E-state index is -0.645. The third-order valence-electron chi connectivity index (χ3n) is 5.86. The highest BCUT2D eigenvalue weighted by atomic mass is 79.9. The number of benzene rings is 3. The van der Waals surface area contributed by atoms with Gasteiger partial charge in [-0.1, -0.05) is 82.2 Å². The van der Waals surface area contributed by atoms with Crippen LogP contribution in [-0.4, -0.2) is 28.3 Å². The van der Waals surface area contributed by atoms with Crippen molar-refractivity contribution < 1.29 is 9.59 Å². The van der Waals surface area contributed by atoms with Crippen molar-refractivity contribution >= 4 is 27.7 Å². The van der Waals surface area contributed by atoms with E-state index in [4.69, 9.17) is 0 Å². The van der Waals surface area contributed by atoms with Crippen molar-refractivity contribution in [1.29, 1.82) is 0 Å². The first kappa shape index (κ1) is 26.7. The van der Waals surface area contributed by atoms with E-state index < -0.39 is 11.6 Å². The van der Waals surface area contributed by atoms with Crippen LogP contribution in [0.1, 0.15) is 48.6 Å². The number of amides is 2. The van der Waals surface area contributed by atoms with Crippen LogP contribution in [0.2, 0.25) is 0 Å². The zero-order chi connectivity index (χ0) is 25.6. The van der Waals surface area contributed by atoms with E-state index in [2.05, 4.69) is 33.4 Å². The summed E-state index contributed by atoms with van der Waals surface area (Å²) in [5, 5.41) is 3.11. The van der Waals surface area contributed by atoms with E-state index in [1.807, 2.05) is 95.3 Å². The van der Waals surface area contributed by atoms with Crippen LogP contribution >= 0.6 is 15.9 Å². The summed E-state index contributed by atoms with van der Waals surface area (Å²) in [6, 6.07) is 23.3. The monoisotopic (exact) mass is 534 g/mol. The van der Waals surface area contributed by atoms with Crippen LogP contribution in [0.15, 0.2) is 77.3 Å². The number of carbonyl (C=O) groups is 2. The molecule has 3 aromatic rings. The normalized spacial score (nSPS) is 12.2. The molecule has 4 nitrogen and oxygen atoms in total. The first-order chi connectivity index (χ1) is 16.5. The second-order valence-corrected chi connectivity index (χ2v) is 11.1. The lowest BCUT2D eigenvalue weighted by molar-refractivity contribution is -0.141. The standard InChI is InChI=1S/C30H35BrN2O2/c1-21-14-15-22(2)25(16-21)19-28(34)33(20-24-12-9-13-26(31)17-24)27(29(35)32-30(3,4)5)18-23-10-7-6-8-11-23/h6-17,27H,18-20H2,1-5H3,(H,32,35)/t27-/m1/s1. The van der Waals surface area contributed by atoms with Crippen molar-refractivity contribution in [2.45, 2.75) is 65.6 Å². The summed E-state index contributed by atoms with van der Waals surface area (Å²) >= 11 is 3.54. The van der Waals surface area contributed by atoms with Crippen molar-refractivity contribution in [3.05, 3.63) is 105 Å². The highest BCUT2D eigenvalue weighted by molar-refractivity contribution is 9.10. The number of nitrogens with one attached hydrogen (secondary N) is 1. The molecule has 0 fully saturated rings. The Morgan fingerprint density at radius 2 is 1.60 bits per heavy atom. The predicted octanol–water partition coefficient (Wildman–Crippen LogP) is 6.16. The summed E-state index contributed by atoms with van der Waals surface area (Å²) in [6.45, 7) is 10.3. The van der Waals surface area contributed by atoms with Gasteiger partial charge in [0.25, 0.3) is 0 Å². The van der Waals surface area contributed by atoms with Crippen molar-refractivity contribution in [2.24, 2.45) is 0 Å². The van der Waals surface area contributed by atoms with Gasteiger partial charge in [-0.15, -0.1) is 0 Å². The molecule has 1 atom stereocenters. The van der Waals surface area contributed by atoms with E-state index >= 15 is 0 Å². The number of rotatable bonds is 8. The van der Waals surface area contributed by atoms with E-state index in [1.54, 1.807) is 4.90 Å². The highest BCUT2D eigenvalue weighted by Gasteiger charge is 2.32. The van der Waals surface area contributed by atoms with Crippen LogP contribution < -0.4 is 5.32 Å². The van der Waals surface area contributed by atoms with Gasteiger partial charge in [-0.2, -0.15) is 0 Å². The third kappa shape index (κ3) is 8.07. The molecule has 3 rings (SSSR count). The highest BCUT2D eigenvalue weighted by Crippen LogP contribution is 2.21. The van der Waals surface area contributed by atoms with Crippen LogP contribution in [0.4, 0.5) is 0 Å². The lowest BCUT2D eigenvalue weighted by Gasteiger charge is -2.34. The molecule has 0 bridgehead atoms. The molecule has 0 radical (unpaired) electrons. The molecule has 1 N–H and O–H groups in total. The van der Waals surface area contributed by atoms with Crippen molar-refractivity contribution in [3.63, 3.8) is 0 Å². The van der Waals surface area contributed by atoms with Gasteiger partial charge < -0.3 is 10.2 Å². The minimum Gasteiger partial charge on any atom is -0.350 e. The molecule has 0 aromatic heterocycles. The molecular formula is C30H35BrN2O2. The number of hydrogen-bond acceptors (Lipinski definition) is 2. The average molecular weight is 536 g/mol. The second kappa shape index (κ2) is 11.7. The quantitative estimate of drug-likeness (QED) is 0.376. The molecule has 0 unspecified atom stereocenters. The summed E-state index contributed by atoms with van der Waals surface area (Å²) in [6.07, 6.45) is 0.685. The van der Waals surface area contributed by atoms with Gasteiger partial charge >= 0.3 is 0 Å². The first-order valence-corrected chi connectivity index (χ1v) is 12.8. The van der Waals surface area contributed by atoms with Gasteiger partial charge in [0.2, 0.25) is 11.8 Å². The van der Waals surface area contributed by atoms with E-state index in [0.717, 1.165) is 32.3 Å². The van der Waals surface area contributed by atoms with Gasteiger partial charge in [0.15, 0.2) is 0 Å². The Kier molecular flexibility index (Phi) is 8.90. The predicted molar refractivity (Wildman–Crippen MR) is 146 cm³/mol. The zero-order valence-electron chi connectivity index (χ0n) is 21.3. The summed E-state index contributed by atoms with van der Waals surface area (Å²) in [7, 11) is 0. The van der Waals surface area contributed by atoms with Gasteiger partial charge in [-0.25, -0.2) is 0 Å². The third-order valence-corrected chi connectivity index (χ3v) is 6.35. The van der Waals surface area contributed by atoms with Gasteiger partial charge in [-0.05, 0) is 69.0 Å². The molecule has 5 heteroatoms. The lowest BCUT2D eigenvalue weighted by Crippen LogP contribution is -2.54. The molecule has 0 saturated carbocycles. The van der Waals surface area contributed by atoms with Crippen LogP contribution in [-0.2, 0) is 29.0 Å². The number of hydrogen-bond donors (Lipinski definition) is 1. The molecule has 0 aliphatic carbocycles. The Labute approximate surface area is 217 Å². The minimum absolute atomic E-state index is 0.0661. The summed E-state index contributed by atoms with van der Waals surface area (Å²) in [5.74, 6) is -0.214. The van der Waals surface area contributed by atoms with Crippen LogP contribution in [0.25, 0.3) is 0 Å². The van der Waals surface area contributed by atoms with Gasteiger partial charge in [0.1, 0.15) is 6.04 Å². The molecule has 0 aliphatic rings. The van der Waals surface area contributed by atoms with Gasteiger partial charge in [0, 0.05) is 23.0 Å². The largest absolute Gasteiger partial charge is 0.350 e. The molecule has 35 heavy (non-hydrogen) atoms. The molecule has 2 amide bonds. The fourth-order valence-corrected chi connectivity index (χ4v) is 4.54. The topological polar surface area (TPSA) is 49.4 Å². The molecule has 184 valence electrons. The fourth-order valence-electron chi connectivity index (χ4n) is 4.09. The fraction of sp³-hybridized carbons (Fsp3) is 0.333. The SMILES string of the molecule is Cc1ccc(C)c(CC(=O)N(Cc2cccc(Br)c2)[C@H](Cc2ccccc2)C(=O)NC(C)(C)C)c1. The number of carbonyl (C=O) groups excluding carboxylic acids is 2. The lowest BCUT2D eigenvalue weighted by atomic mass is 9.98. The van der Waals surface area contributed by atoms with Crippen LogP contribution in [0.5, 0.6) is 0 Å².